The van der Waals surface area contributed by atoms with E-state index in [0.29, 0.717) is 17.6 Å². The fourth-order valence-electron chi connectivity index (χ4n) is 2.55. The van der Waals surface area contributed by atoms with Crippen molar-refractivity contribution in [1.29, 1.82) is 0 Å². The van der Waals surface area contributed by atoms with Crippen LogP contribution in [0.1, 0.15) is 32.8 Å². The molecule has 0 saturated carbocycles. The minimum absolute atomic E-state index is 0.144. The van der Waals surface area contributed by atoms with E-state index < -0.39 is 0 Å². The van der Waals surface area contributed by atoms with Gasteiger partial charge in [0.1, 0.15) is 6.04 Å². The van der Waals surface area contributed by atoms with Crippen molar-refractivity contribution < 1.29 is 4.79 Å². The van der Waals surface area contributed by atoms with Gasteiger partial charge in [0, 0.05) is 19.1 Å². The van der Waals surface area contributed by atoms with E-state index in [4.69, 9.17) is 12.2 Å². The van der Waals surface area contributed by atoms with E-state index in [1.807, 2.05) is 10.3 Å². The molecule has 1 aromatic rings. The second kappa shape index (κ2) is 7.22. The Kier molecular flexibility index (Phi) is 5.58. The van der Waals surface area contributed by atoms with E-state index in [-0.39, 0.29) is 18.0 Å². The van der Waals surface area contributed by atoms with Crippen molar-refractivity contribution in [3.8, 4) is 0 Å². The van der Waals surface area contributed by atoms with E-state index in [1.54, 1.807) is 11.3 Å². The number of thiophene rings is 1. The van der Waals surface area contributed by atoms with Crippen LogP contribution in [-0.2, 0) is 11.3 Å². The minimum atomic E-state index is -0.217. The lowest BCUT2D eigenvalue weighted by molar-refractivity contribution is -0.134. The van der Waals surface area contributed by atoms with Gasteiger partial charge in [-0.2, -0.15) is 11.3 Å². The first-order valence-corrected chi connectivity index (χ1v) is 8.67. The van der Waals surface area contributed by atoms with Crippen molar-refractivity contribution in [2.24, 2.45) is 5.92 Å². The second-order valence-corrected chi connectivity index (χ2v) is 7.24. The maximum absolute atomic E-state index is 12.8. The lowest BCUT2D eigenvalue weighted by atomic mass is 10.0. The number of nitrogens with one attached hydrogen (secondary N) is 2. The van der Waals surface area contributed by atoms with Gasteiger partial charge >= 0.3 is 0 Å². The molecule has 0 bridgehead atoms. The van der Waals surface area contributed by atoms with Gasteiger partial charge in [-0.1, -0.05) is 13.8 Å². The SMILES string of the molecule is CC(C)CN(Cc1ccsc1)C(=O)[C@@H]1C[C@@H](C)NC(=S)N1. The molecule has 2 N–H and O–H groups in total. The zero-order valence-corrected chi connectivity index (χ0v) is 14.4. The third-order valence-corrected chi connectivity index (χ3v) is 4.39. The van der Waals surface area contributed by atoms with Crippen molar-refractivity contribution in [3.05, 3.63) is 22.4 Å². The highest BCUT2D eigenvalue weighted by Crippen LogP contribution is 2.15. The summed E-state index contributed by atoms with van der Waals surface area (Å²) in [6.45, 7) is 7.77. The van der Waals surface area contributed by atoms with Crippen LogP contribution in [0.15, 0.2) is 16.8 Å². The molecule has 2 atom stereocenters. The largest absolute Gasteiger partial charge is 0.360 e. The Morgan fingerprint density at radius 3 is 2.86 bits per heavy atom. The van der Waals surface area contributed by atoms with Crippen molar-refractivity contribution in [3.63, 3.8) is 0 Å². The Balaban J connectivity index is 2.07. The summed E-state index contributed by atoms with van der Waals surface area (Å²) in [6, 6.07) is 2.09. The van der Waals surface area contributed by atoms with Crippen LogP contribution in [0.2, 0.25) is 0 Å². The third-order valence-electron chi connectivity index (χ3n) is 3.42. The molecule has 1 saturated heterocycles. The molecule has 0 unspecified atom stereocenters. The van der Waals surface area contributed by atoms with Crippen LogP contribution in [0.25, 0.3) is 0 Å². The van der Waals surface area contributed by atoms with Gasteiger partial charge in [0.2, 0.25) is 5.91 Å². The summed E-state index contributed by atoms with van der Waals surface area (Å²) in [4.78, 5) is 14.8. The number of rotatable bonds is 5. The summed E-state index contributed by atoms with van der Waals surface area (Å²) in [6.07, 6.45) is 0.761. The molecular weight excluding hydrogens is 302 g/mol. The van der Waals surface area contributed by atoms with Gasteiger partial charge in [0.15, 0.2) is 5.11 Å². The fourth-order valence-corrected chi connectivity index (χ4v) is 3.56. The minimum Gasteiger partial charge on any atom is -0.360 e. The molecular formula is C15H23N3OS2. The Morgan fingerprint density at radius 2 is 2.29 bits per heavy atom. The molecule has 0 spiro atoms. The van der Waals surface area contributed by atoms with Gasteiger partial charge in [0.25, 0.3) is 0 Å². The van der Waals surface area contributed by atoms with Crippen LogP contribution < -0.4 is 10.6 Å². The first kappa shape index (κ1) is 16.2. The number of hydrogen-bond donors (Lipinski definition) is 2. The lowest BCUT2D eigenvalue weighted by Crippen LogP contribution is -2.59. The Morgan fingerprint density at radius 1 is 1.52 bits per heavy atom. The second-order valence-electron chi connectivity index (χ2n) is 6.05. The molecule has 21 heavy (non-hydrogen) atoms. The third kappa shape index (κ3) is 4.68. The Labute approximate surface area is 135 Å². The Hall–Kier alpha value is -1.14. The van der Waals surface area contributed by atoms with Crippen molar-refractivity contribution in [2.45, 2.75) is 45.8 Å². The van der Waals surface area contributed by atoms with Crippen LogP contribution in [0.4, 0.5) is 0 Å². The zero-order valence-electron chi connectivity index (χ0n) is 12.8. The van der Waals surface area contributed by atoms with E-state index in [9.17, 15) is 4.79 Å². The molecule has 1 aromatic heterocycles. The maximum Gasteiger partial charge on any atom is 0.245 e. The normalized spacial score (nSPS) is 21.8. The van der Waals surface area contributed by atoms with E-state index >= 15 is 0 Å². The van der Waals surface area contributed by atoms with Crippen LogP contribution in [0, 0.1) is 5.92 Å². The summed E-state index contributed by atoms with van der Waals surface area (Å²) in [5.74, 6) is 0.587. The molecule has 6 heteroatoms. The van der Waals surface area contributed by atoms with E-state index in [2.05, 4.69) is 42.9 Å². The molecule has 1 aliphatic heterocycles. The van der Waals surface area contributed by atoms with Gasteiger partial charge in [0.05, 0.1) is 0 Å². The summed E-state index contributed by atoms with van der Waals surface area (Å²) < 4.78 is 0. The quantitative estimate of drug-likeness (QED) is 0.816. The van der Waals surface area contributed by atoms with Crippen molar-refractivity contribution in [2.75, 3.05) is 6.54 Å². The number of carbonyl (C=O) groups excluding carboxylic acids is 1. The molecule has 1 amide bonds. The number of carbonyl (C=O) groups is 1. The predicted octanol–water partition coefficient (Wildman–Crippen LogP) is 2.36. The highest BCUT2D eigenvalue weighted by atomic mass is 32.1. The van der Waals surface area contributed by atoms with Gasteiger partial charge < -0.3 is 15.5 Å². The van der Waals surface area contributed by atoms with Crippen LogP contribution in [0.3, 0.4) is 0 Å². The van der Waals surface area contributed by atoms with E-state index in [0.717, 1.165) is 13.0 Å². The highest BCUT2D eigenvalue weighted by molar-refractivity contribution is 7.80. The number of thiocarbonyl (C=S) groups is 1. The van der Waals surface area contributed by atoms with Gasteiger partial charge in [-0.25, -0.2) is 0 Å². The summed E-state index contributed by atoms with van der Waals surface area (Å²) in [7, 11) is 0. The average molecular weight is 326 g/mol. The molecule has 0 aromatic carbocycles. The summed E-state index contributed by atoms with van der Waals surface area (Å²) in [5.41, 5.74) is 1.19. The fraction of sp³-hybridized carbons (Fsp3) is 0.600. The highest BCUT2D eigenvalue weighted by Gasteiger charge is 2.30. The van der Waals surface area contributed by atoms with Gasteiger partial charge in [-0.15, -0.1) is 0 Å². The van der Waals surface area contributed by atoms with Crippen molar-refractivity contribution >= 4 is 34.6 Å². The molecule has 2 heterocycles. The van der Waals surface area contributed by atoms with Crippen LogP contribution in [-0.4, -0.2) is 34.5 Å². The molecule has 0 aliphatic carbocycles. The smallest absolute Gasteiger partial charge is 0.245 e. The molecule has 2 rings (SSSR count). The zero-order chi connectivity index (χ0) is 15.4. The standard InChI is InChI=1S/C15H23N3OS2/c1-10(2)7-18(8-12-4-5-21-9-12)14(19)13-6-11(3)16-15(20)17-13/h4-5,9-11,13H,6-8H2,1-3H3,(H2,16,17,20)/t11-,13+/m1/s1. The number of hydrogen-bond acceptors (Lipinski definition) is 3. The summed E-state index contributed by atoms with van der Waals surface area (Å²) >= 11 is 6.84. The topological polar surface area (TPSA) is 44.4 Å². The first-order chi connectivity index (χ1) is 9.95. The molecule has 1 aliphatic rings. The maximum atomic E-state index is 12.8. The molecule has 4 nitrogen and oxygen atoms in total. The van der Waals surface area contributed by atoms with Crippen molar-refractivity contribution in [1.82, 2.24) is 15.5 Å². The molecule has 116 valence electrons. The Bertz CT molecular complexity index is 487. The lowest BCUT2D eigenvalue weighted by Gasteiger charge is -2.34. The summed E-state index contributed by atoms with van der Waals surface area (Å²) in [5, 5.41) is 11.0. The molecule has 1 fully saturated rings. The van der Waals surface area contributed by atoms with Gasteiger partial charge in [-0.3, -0.25) is 4.79 Å². The van der Waals surface area contributed by atoms with Crippen LogP contribution >= 0.6 is 23.6 Å². The average Bonchev–Trinajstić information content (AvgIpc) is 2.88. The first-order valence-electron chi connectivity index (χ1n) is 7.32. The number of nitrogens with zero attached hydrogens (tertiary/aromatic N) is 1. The molecule has 0 radical (unpaired) electrons. The number of amides is 1. The predicted molar refractivity (Wildman–Crippen MR) is 91.3 cm³/mol. The van der Waals surface area contributed by atoms with Gasteiger partial charge in [-0.05, 0) is 53.9 Å². The van der Waals surface area contributed by atoms with Crippen LogP contribution in [0.5, 0.6) is 0 Å². The van der Waals surface area contributed by atoms with E-state index in [1.165, 1.54) is 5.56 Å². The monoisotopic (exact) mass is 325 g/mol.